The maximum absolute atomic E-state index is 13.1. The molecule has 0 heterocycles. The Kier molecular flexibility index (Phi) is 6.58. The number of ether oxygens (including phenoxy) is 1. The van der Waals surface area contributed by atoms with Crippen molar-refractivity contribution in [2.45, 2.75) is 18.9 Å². The van der Waals surface area contributed by atoms with Crippen LogP contribution in [0.3, 0.4) is 0 Å². The normalized spacial score (nSPS) is 12.2. The van der Waals surface area contributed by atoms with Gasteiger partial charge in [0.05, 0.1) is 5.02 Å². The van der Waals surface area contributed by atoms with Gasteiger partial charge >= 0.3 is 0 Å². The summed E-state index contributed by atoms with van der Waals surface area (Å²) in [5, 5.41) is 1.09. The Balaban J connectivity index is 2.23. The van der Waals surface area contributed by atoms with Gasteiger partial charge in [-0.1, -0.05) is 57.9 Å². The van der Waals surface area contributed by atoms with E-state index >= 15 is 0 Å². The molecule has 0 saturated heterocycles. The Labute approximate surface area is 147 Å². The smallest absolute Gasteiger partial charge is 0.140 e. The molecule has 0 aliphatic rings. The van der Waals surface area contributed by atoms with Gasteiger partial charge in [0.15, 0.2) is 0 Å². The molecule has 0 unspecified atom stereocenters. The van der Waals surface area contributed by atoms with Crippen LogP contribution in [-0.4, -0.2) is 4.43 Å². The summed E-state index contributed by atoms with van der Waals surface area (Å²) in [5.41, 5.74) is 0.928. The number of hydrogen-bond donors (Lipinski definition) is 0. The van der Waals surface area contributed by atoms with Crippen LogP contribution in [0.2, 0.25) is 10.0 Å². The van der Waals surface area contributed by atoms with Gasteiger partial charge in [0.1, 0.15) is 17.7 Å². The summed E-state index contributed by atoms with van der Waals surface area (Å²) in [4.78, 5) is 0. The Morgan fingerprint density at radius 2 is 1.81 bits per heavy atom. The first-order chi connectivity index (χ1) is 10.1. The second kappa shape index (κ2) is 8.20. The zero-order valence-corrected chi connectivity index (χ0v) is 14.8. The first kappa shape index (κ1) is 16.8. The number of alkyl halides is 1. The van der Waals surface area contributed by atoms with Crippen LogP contribution in [-0.2, 0) is 0 Å². The molecule has 0 aliphatic heterocycles. The molecular formula is C16H14Cl2FIO. The lowest BCUT2D eigenvalue weighted by atomic mass is 10.1. The molecule has 0 spiro atoms. The number of rotatable bonds is 6. The summed E-state index contributed by atoms with van der Waals surface area (Å²) in [6.45, 7) is 0. The van der Waals surface area contributed by atoms with E-state index in [9.17, 15) is 4.39 Å². The third-order valence-electron chi connectivity index (χ3n) is 3.00. The van der Waals surface area contributed by atoms with E-state index in [4.69, 9.17) is 27.9 Å². The van der Waals surface area contributed by atoms with Crippen molar-refractivity contribution in [3.05, 3.63) is 63.9 Å². The quantitative estimate of drug-likeness (QED) is 0.371. The molecule has 0 N–H and O–H groups in total. The molecular weight excluding hydrogens is 425 g/mol. The zero-order chi connectivity index (χ0) is 15.2. The molecule has 2 aromatic rings. The molecule has 112 valence electrons. The Morgan fingerprint density at radius 3 is 2.48 bits per heavy atom. The van der Waals surface area contributed by atoms with Gasteiger partial charge in [-0.05, 0) is 47.1 Å². The van der Waals surface area contributed by atoms with Gasteiger partial charge in [0.2, 0.25) is 0 Å². The lowest BCUT2D eigenvalue weighted by Crippen LogP contribution is -2.08. The van der Waals surface area contributed by atoms with E-state index in [1.165, 1.54) is 12.1 Å². The standard InChI is InChI=1S/C16H14Cl2FIO/c17-12-5-8-14(18)16(10-12)21-15(2-1-9-20)11-3-6-13(19)7-4-11/h3-8,10,15H,1-2,9H2/t15-/m1/s1. The van der Waals surface area contributed by atoms with Crippen LogP contribution in [0, 0.1) is 5.82 Å². The lowest BCUT2D eigenvalue weighted by Gasteiger charge is -2.20. The molecule has 2 aromatic carbocycles. The van der Waals surface area contributed by atoms with Crippen molar-refractivity contribution in [1.82, 2.24) is 0 Å². The van der Waals surface area contributed by atoms with Gasteiger partial charge in [-0.15, -0.1) is 0 Å². The predicted molar refractivity (Wildman–Crippen MR) is 94.4 cm³/mol. The second-order valence-corrected chi connectivity index (χ2v) is 6.49. The minimum absolute atomic E-state index is 0.170. The SMILES string of the molecule is Fc1ccc([C@@H](CCCI)Oc2cc(Cl)ccc2Cl)cc1. The molecule has 0 amide bonds. The van der Waals surface area contributed by atoms with Crippen molar-refractivity contribution >= 4 is 45.8 Å². The van der Waals surface area contributed by atoms with E-state index < -0.39 is 0 Å². The van der Waals surface area contributed by atoms with Gasteiger partial charge in [0, 0.05) is 11.1 Å². The summed E-state index contributed by atoms with van der Waals surface area (Å²) in [7, 11) is 0. The summed E-state index contributed by atoms with van der Waals surface area (Å²) >= 11 is 14.4. The molecule has 5 heteroatoms. The van der Waals surface area contributed by atoms with Gasteiger partial charge in [-0.3, -0.25) is 0 Å². The molecule has 21 heavy (non-hydrogen) atoms. The Morgan fingerprint density at radius 1 is 1.10 bits per heavy atom. The predicted octanol–water partition coefficient (Wildman–Crippen LogP) is 6.47. The minimum atomic E-state index is -0.257. The molecule has 0 aromatic heterocycles. The van der Waals surface area contributed by atoms with Crippen LogP contribution in [0.1, 0.15) is 24.5 Å². The summed E-state index contributed by atoms with van der Waals surface area (Å²) in [6.07, 6.45) is 1.66. The van der Waals surface area contributed by atoms with Crippen LogP contribution in [0.25, 0.3) is 0 Å². The van der Waals surface area contributed by atoms with Crippen molar-refractivity contribution in [2.75, 3.05) is 4.43 Å². The van der Waals surface area contributed by atoms with Gasteiger partial charge in [-0.2, -0.15) is 0 Å². The van der Waals surface area contributed by atoms with E-state index in [-0.39, 0.29) is 11.9 Å². The van der Waals surface area contributed by atoms with Crippen molar-refractivity contribution < 1.29 is 9.13 Å². The zero-order valence-electron chi connectivity index (χ0n) is 11.2. The van der Waals surface area contributed by atoms with Crippen LogP contribution < -0.4 is 4.74 Å². The van der Waals surface area contributed by atoms with Crippen molar-refractivity contribution in [2.24, 2.45) is 0 Å². The third-order valence-corrected chi connectivity index (χ3v) is 4.31. The van der Waals surface area contributed by atoms with Gasteiger partial charge in [-0.25, -0.2) is 4.39 Å². The van der Waals surface area contributed by atoms with Crippen molar-refractivity contribution in [3.63, 3.8) is 0 Å². The molecule has 0 aliphatic carbocycles. The first-order valence-electron chi connectivity index (χ1n) is 6.53. The summed E-state index contributed by atoms with van der Waals surface area (Å²) in [5.74, 6) is 0.291. The monoisotopic (exact) mass is 438 g/mol. The fraction of sp³-hybridized carbons (Fsp3) is 0.250. The summed E-state index contributed by atoms with van der Waals surface area (Å²) < 4.78 is 20.1. The average molecular weight is 439 g/mol. The fourth-order valence-electron chi connectivity index (χ4n) is 1.95. The Hall–Kier alpha value is -0.520. The third kappa shape index (κ3) is 5.01. The van der Waals surface area contributed by atoms with E-state index in [0.29, 0.717) is 15.8 Å². The average Bonchev–Trinajstić information content (AvgIpc) is 2.48. The van der Waals surface area contributed by atoms with Gasteiger partial charge < -0.3 is 4.74 Å². The van der Waals surface area contributed by atoms with Crippen LogP contribution in [0.4, 0.5) is 4.39 Å². The fourth-order valence-corrected chi connectivity index (χ4v) is 2.72. The molecule has 1 atom stereocenters. The van der Waals surface area contributed by atoms with Crippen LogP contribution in [0.15, 0.2) is 42.5 Å². The summed E-state index contributed by atoms with van der Waals surface area (Å²) in [6, 6.07) is 11.5. The largest absolute Gasteiger partial charge is 0.484 e. The second-order valence-electron chi connectivity index (χ2n) is 4.56. The topological polar surface area (TPSA) is 9.23 Å². The highest BCUT2D eigenvalue weighted by atomic mass is 127. The molecule has 2 rings (SSSR count). The number of halogens is 4. The highest BCUT2D eigenvalue weighted by molar-refractivity contribution is 14.1. The van der Waals surface area contributed by atoms with E-state index in [2.05, 4.69) is 22.6 Å². The molecule has 0 fully saturated rings. The van der Waals surface area contributed by atoms with E-state index in [1.54, 1.807) is 30.3 Å². The van der Waals surface area contributed by atoms with Crippen LogP contribution in [0.5, 0.6) is 5.75 Å². The highest BCUT2D eigenvalue weighted by Crippen LogP contribution is 2.33. The molecule has 0 bridgehead atoms. The van der Waals surface area contributed by atoms with Crippen molar-refractivity contribution in [1.29, 1.82) is 0 Å². The number of benzene rings is 2. The van der Waals surface area contributed by atoms with Crippen LogP contribution >= 0.6 is 45.8 Å². The van der Waals surface area contributed by atoms with Crippen molar-refractivity contribution in [3.8, 4) is 5.75 Å². The highest BCUT2D eigenvalue weighted by Gasteiger charge is 2.15. The maximum Gasteiger partial charge on any atom is 0.140 e. The molecule has 1 nitrogen and oxygen atoms in total. The van der Waals surface area contributed by atoms with Gasteiger partial charge in [0.25, 0.3) is 0 Å². The maximum atomic E-state index is 13.1. The number of hydrogen-bond acceptors (Lipinski definition) is 1. The van der Waals surface area contributed by atoms with E-state index in [1.807, 2.05) is 0 Å². The first-order valence-corrected chi connectivity index (χ1v) is 8.81. The minimum Gasteiger partial charge on any atom is -0.484 e. The lowest BCUT2D eigenvalue weighted by molar-refractivity contribution is 0.194. The molecule has 0 radical (unpaired) electrons. The Bertz CT molecular complexity index is 589. The van der Waals surface area contributed by atoms with E-state index in [0.717, 1.165) is 22.8 Å². The molecule has 0 saturated carbocycles.